The van der Waals surface area contributed by atoms with Gasteiger partial charge >= 0.3 is 18.2 Å². The summed E-state index contributed by atoms with van der Waals surface area (Å²) in [5, 5.41) is 2.91. The standard InChI is InChI=1S/C43H60Cl2N8O9Si/c1-14-35(54)48-29-23-28(50-17-19-51(20-18-50)40(56)61-42(2,3)4)15-16-30(29)53(41(57)62-43(5,6)7)34-25-33(46-26-47-34)49(8)39(55)52(27-60-21-22-63(11,12)13)38-36(44)31(58-9)24-32(59-10)37(38)45/h14-16,23-26H,1,17-22,27H2,2-13H3,(H,48,54). The lowest BCUT2D eigenvalue weighted by molar-refractivity contribution is -0.111. The number of hydrogen-bond acceptors (Lipinski definition) is 12. The summed E-state index contributed by atoms with van der Waals surface area (Å²) in [4.78, 5) is 70.8. The van der Waals surface area contributed by atoms with Crippen molar-refractivity contribution in [3.8, 4) is 11.5 Å². The van der Waals surface area contributed by atoms with Crippen LogP contribution in [-0.2, 0) is 19.0 Å². The second-order valence-corrected chi connectivity index (χ2v) is 24.2. The van der Waals surface area contributed by atoms with Crippen molar-refractivity contribution in [1.82, 2.24) is 14.9 Å². The van der Waals surface area contributed by atoms with Gasteiger partial charge in [-0.25, -0.2) is 29.3 Å². The number of aromatic nitrogens is 2. The molecule has 1 saturated heterocycles. The van der Waals surface area contributed by atoms with E-state index in [4.69, 9.17) is 46.9 Å². The van der Waals surface area contributed by atoms with Crippen LogP contribution in [0.1, 0.15) is 41.5 Å². The van der Waals surface area contributed by atoms with Crippen LogP contribution in [0.15, 0.2) is 49.3 Å². The fourth-order valence-electron chi connectivity index (χ4n) is 6.08. The van der Waals surface area contributed by atoms with Gasteiger partial charge in [0.05, 0.1) is 31.3 Å². The van der Waals surface area contributed by atoms with Gasteiger partial charge < -0.3 is 38.8 Å². The first-order valence-electron chi connectivity index (χ1n) is 20.3. The first kappa shape index (κ1) is 50.3. The van der Waals surface area contributed by atoms with Crippen molar-refractivity contribution in [2.24, 2.45) is 0 Å². The van der Waals surface area contributed by atoms with E-state index in [9.17, 15) is 19.2 Å². The van der Waals surface area contributed by atoms with Crippen molar-refractivity contribution in [3.05, 3.63) is 59.4 Å². The third-order valence-corrected chi connectivity index (χ3v) is 11.7. The molecule has 17 nitrogen and oxygen atoms in total. The molecule has 2 aromatic carbocycles. The van der Waals surface area contributed by atoms with Gasteiger partial charge in [-0.15, -0.1) is 0 Å². The first-order chi connectivity index (χ1) is 29.4. The third kappa shape index (κ3) is 13.6. The van der Waals surface area contributed by atoms with Crippen LogP contribution in [0, 0.1) is 0 Å². The molecule has 1 aliphatic rings. The number of benzene rings is 2. The molecule has 3 aromatic rings. The molecule has 0 aliphatic carbocycles. The van der Waals surface area contributed by atoms with E-state index in [0.29, 0.717) is 38.5 Å². The first-order valence-corrected chi connectivity index (χ1v) is 24.7. The molecule has 0 saturated carbocycles. The highest BCUT2D eigenvalue weighted by molar-refractivity contribution is 6.76. The van der Waals surface area contributed by atoms with Gasteiger partial charge in [0.15, 0.2) is 0 Å². The van der Waals surface area contributed by atoms with Crippen LogP contribution in [0.25, 0.3) is 0 Å². The molecule has 2 heterocycles. The van der Waals surface area contributed by atoms with E-state index in [1.165, 1.54) is 54.4 Å². The monoisotopic (exact) mass is 930 g/mol. The predicted octanol–water partition coefficient (Wildman–Crippen LogP) is 9.43. The average Bonchev–Trinajstić information content (AvgIpc) is 3.20. The Hall–Kier alpha value is -5.30. The van der Waals surface area contributed by atoms with Crippen LogP contribution in [0.4, 0.5) is 48.8 Å². The summed E-state index contributed by atoms with van der Waals surface area (Å²) in [6.45, 7) is 22.7. The second-order valence-electron chi connectivity index (χ2n) is 17.8. The highest BCUT2D eigenvalue weighted by Gasteiger charge is 2.33. The Morgan fingerprint density at radius 1 is 0.873 bits per heavy atom. The van der Waals surface area contributed by atoms with Crippen LogP contribution in [0.2, 0.25) is 35.7 Å². The number of urea groups is 1. The van der Waals surface area contributed by atoms with E-state index in [2.05, 4.69) is 41.5 Å². The Balaban J connectivity index is 1.79. The highest BCUT2D eigenvalue weighted by atomic mass is 35.5. The van der Waals surface area contributed by atoms with Crippen molar-refractivity contribution in [1.29, 1.82) is 0 Å². The number of piperazine rings is 1. The van der Waals surface area contributed by atoms with Crippen molar-refractivity contribution in [2.75, 3.05) is 85.7 Å². The van der Waals surface area contributed by atoms with E-state index in [-0.39, 0.29) is 57.0 Å². The minimum absolute atomic E-state index is 0.00113. The van der Waals surface area contributed by atoms with Gasteiger partial charge in [0, 0.05) is 65.7 Å². The molecule has 0 radical (unpaired) electrons. The SMILES string of the molecule is C=CC(=O)Nc1cc(N2CCN(C(=O)OC(C)(C)C)CC2)ccc1N(C(=O)OC(C)(C)C)c1cc(N(C)C(=O)N(COCC[Si](C)(C)C)c2c(Cl)c(OC)cc(OC)c2Cl)ncn1. The summed E-state index contributed by atoms with van der Waals surface area (Å²) >= 11 is 13.7. The number of carbonyl (C=O) groups excluding carboxylic acids is 4. The number of carbonyl (C=O) groups is 4. The average molecular weight is 932 g/mol. The van der Waals surface area contributed by atoms with Gasteiger partial charge in [-0.1, -0.05) is 49.4 Å². The molecule has 20 heteroatoms. The van der Waals surface area contributed by atoms with Gasteiger partial charge in [-0.3, -0.25) is 14.6 Å². The lowest BCUT2D eigenvalue weighted by atomic mass is 10.1. The number of ether oxygens (including phenoxy) is 5. The molecule has 5 amide bonds. The highest BCUT2D eigenvalue weighted by Crippen LogP contribution is 2.46. The molecular weight excluding hydrogens is 872 g/mol. The molecule has 0 atom stereocenters. The van der Waals surface area contributed by atoms with Crippen LogP contribution in [0.5, 0.6) is 11.5 Å². The minimum atomic E-state index is -1.51. The van der Waals surface area contributed by atoms with E-state index in [0.717, 1.165) is 12.1 Å². The Labute approximate surface area is 381 Å². The maximum Gasteiger partial charge on any atom is 0.420 e. The van der Waals surface area contributed by atoms with E-state index < -0.39 is 43.4 Å². The summed E-state index contributed by atoms with van der Waals surface area (Å²) in [5.74, 6) is -0.0650. The number of anilines is 6. The summed E-state index contributed by atoms with van der Waals surface area (Å²) in [6, 6.07) is 8.24. The van der Waals surface area contributed by atoms with Crippen LogP contribution in [-0.4, -0.2) is 119 Å². The zero-order valence-electron chi connectivity index (χ0n) is 38.3. The number of nitrogens with one attached hydrogen (secondary N) is 1. The molecule has 63 heavy (non-hydrogen) atoms. The largest absolute Gasteiger partial charge is 0.495 e. The molecule has 1 fully saturated rings. The van der Waals surface area contributed by atoms with E-state index >= 15 is 0 Å². The summed E-state index contributed by atoms with van der Waals surface area (Å²) in [5.41, 5.74) is -0.387. The molecular formula is C43H60Cl2N8O9Si. The molecule has 1 aliphatic heterocycles. The summed E-state index contributed by atoms with van der Waals surface area (Å²) < 4.78 is 28.5. The predicted molar refractivity (Wildman–Crippen MR) is 251 cm³/mol. The molecule has 0 unspecified atom stereocenters. The molecule has 4 rings (SSSR count). The minimum Gasteiger partial charge on any atom is -0.495 e. The van der Waals surface area contributed by atoms with Gasteiger partial charge in [0.25, 0.3) is 0 Å². The van der Waals surface area contributed by atoms with Crippen molar-refractivity contribution in [2.45, 2.75) is 78.4 Å². The Bertz CT molecular complexity index is 2120. The Morgan fingerprint density at radius 3 is 2.00 bits per heavy atom. The normalized spacial score (nSPS) is 13.2. The quantitative estimate of drug-likeness (QED) is 0.0705. The maximum atomic E-state index is 14.7. The second kappa shape index (κ2) is 20.9. The Morgan fingerprint density at radius 2 is 1.46 bits per heavy atom. The van der Waals surface area contributed by atoms with Crippen LogP contribution in [0.3, 0.4) is 0 Å². The van der Waals surface area contributed by atoms with Gasteiger partial charge in [0.2, 0.25) is 5.91 Å². The maximum absolute atomic E-state index is 14.7. The van der Waals surface area contributed by atoms with Crippen LogP contribution >= 0.6 is 23.2 Å². The number of halogens is 2. The lowest BCUT2D eigenvalue weighted by Gasteiger charge is -2.37. The van der Waals surface area contributed by atoms with Crippen molar-refractivity contribution in [3.63, 3.8) is 0 Å². The summed E-state index contributed by atoms with van der Waals surface area (Å²) in [7, 11) is 2.82. The van der Waals surface area contributed by atoms with Crippen molar-refractivity contribution < 1.29 is 42.9 Å². The van der Waals surface area contributed by atoms with Crippen LogP contribution < -0.4 is 34.4 Å². The number of nitrogens with zero attached hydrogens (tertiary/aromatic N) is 7. The van der Waals surface area contributed by atoms with E-state index in [1.54, 1.807) is 43.9 Å². The molecule has 1 aromatic heterocycles. The molecule has 344 valence electrons. The zero-order valence-corrected chi connectivity index (χ0v) is 40.8. The third-order valence-electron chi connectivity index (χ3n) is 9.30. The van der Waals surface area contributed by atoms with Crippen molar-refractivity contribution >= 4 is 89.8 Å². The topological polar surface area (TPSA) is 168 Å². The molecule has 1 N–H and O–H groups in total. The molecule has 0 spiro atoms. The number of amides is 5. The van der Waals surface area contributed by atoms with Gasteiger partial charge in [-0.2, -0.15) is 0 Å². The fourth-order valence-corrected chi connectivity index (χ4v) is 7.54. The fraction of sp³-hybridized carbons (Fsp3) is 0.488. The Kier molecular flexibility index (Phi) is 16.7. The zero-order chi connectivity index (χ0) is 47.0. The summed E-state index contributed by atoms with van der Waals surface area (Å²) in [6.07, 6.45) is 1.06. The number of hydrogen-bond donors (Lipinski definition) is 1. The smallest absolute Gasteiger partial charge is 0.420 e. The molecule has 0 bridgehead atoms. The van der Waals surface area contributed by atoms with E-state index in [1.807, 2.05) is 25.7 Å². The number of methoxy groups -OCH3 is 2. The number of rotatable bonds is 14. The lowest BCUT2D eigenvalue weighted by Crippen LogP contribution is -2.50. The van der Waals surface area contributed by atoms with Gasteiger partial charge in [0.1, 0.15) is 57.4 Å². The van der Waals surface area contributed by atoms with Gasteiger partial charge in [-0.05, 0) is 71.9 Å².